The minimum atomic E-state index is -4.70. The van der Waals surface area contributed by atoms with Gasteiger partial charge in [-0.3, -0.25) is 19.2 Å². The van der Waals surface area contributed by atoms with Gasteiger partial charge in [-0.05, 0) is 45.4 Å². The minimum absolute atomic E-state index is 0.124. The van der Waals surface area contributed by atoms with Gasteiger partial charge in [-0.2, -0.15) is 13.2 Å². The molecule has 11 nitrogen and oxygen atoms in total. The summed E-state index contributed by atoms with van der Waals surface area (Å²) in [6.45, 7) is 9.23. The highest BCUT2D eigenvalue weighted by Gasteiger charge is 2.53. The third-order valence-electron chi connectivity index (χ3n) is 6.47. The number of rotatable bonds is 7. The molecule has 5 atom stereocenters. The molecule has 2 heterocycles. The van der Waals surface area contributed by atoms with Gasteiger partial charge in [0.25, 0.3) is 0 Å². The molecule has 2 aliphatic rings. The summed E-state index contributed by atoms with van der Waals surface area (Å²) in [5.74, 6) is -5.78. The molecule has 2 fully saturated rings. The van der Waals surface area contributed by atoms with Crippen LogP contribution < -0.4 is 21.7 Å². The summed E-state index contributed by atoms with van der Waals surface area (Å²) < 4.78 is 46.3. The predicted octanol–water partition coefficient (Wildman–Crippen LogP) is 1.20. The van der Waals surface area contributed by atoms with Crippen LogP contribution in [0.4, 0.5) is 18.0 Å². The molecule has 2 rings (SSSR count). The molecule has 5 N–H and O–H groups in total. The third kappa shape index (κ3) is 8.22. The van der Waals surface area contributed by atoms with Gasteiger partial charge in [-0.1, -0.05) is 20.8 Å². The van der Waals surface area contributed by atoms with Gasteiger partial charge in [0.2, 0.25) is 23.6 Å². The zero-order valence-corrected chi connectivity index (χ0v) is 22.5. The summed E-state index contributed by atoms with van der Waals surface area (Å²) in [6.07, 6.45) is -6.09. The van der Waals surface area contributed by atoms with Gasteiger partial charge in [-0.25, -0.2) is 4.79 Å². The van der Waals surface area contributed by atoms with Gasteiger partial charge in [0.15, 0.2) is 0 Å². The van der Waals surface area contributed by atoms with Crippen LogP contribution in [0.1, 0.15) is 60.8 Å². The molecule has 0 spiro atoms. The first kappa shape index (κ1) is 31.2. The van der Waals surface area contributed by atoms with Crippen molar-refractivity contribution in [1.82, 2.24) is 20.9 Å². The lowest BCUT2D eigenvalue weighted by Crippen LogP contribution is -2.59. The maximum absolute atomic E-state index is 13.7. The van der Waals surface area contributed by atoms with E-state index in [4.69, 9.17) is 10.5 Å². The molecular weight excluding hydrogens is 511 g/mol. The second-order valence-electron chi connectivity index (χ2n) is 11.9. The summed E-state index contributed by atoms with van der Waals surface area (Å²) in [5, 5.41) is 7.37. The normalized spacial score (nSPS) is 23.9. The second-order valence-corrected chi connectivity index (χ2v) is 11.9. The molecule has 0 aromatic rings. The molecule has 2 saturated heterocycles. The van der Waals surface area contributed by atoms with Gasteiger partial charge in [0.1, 0.15) is 23.7 Å². The molecule has 216 valence electrons. The third-order valence-corrected chi connectivity index (χ3v) is 6.47. The average molecular weight is 550 g/mol. The lowest BCUT2D eigenvalue weighted by molar-refractivity contribution is -0.171. The van der Waals surface area contributed by atoms with Crippen LogP contribution in [0, 0.1) is 17.3 Å². The zero-order valence-electron chi connectivity index (χ0n) is 22.5. The molecule has 0 aliphatic carbocycles. The maximum atomic E-state index is 13.7. The monoisotopic (exact) mass is 549 g/mol. The Kier molecular flexibility index (Phi) is 9.31. The number of nitrogens with one attached hydrogen (secondary N) is 3. The quantitative estimate of drug-likeness (QED) is 0.373. The van der Waals surface area contributed by atoms with E-state index in [1.165, 1.54) is 0 Å². The lowest BCUT2D eigenvalue weighted by Gasteiger charge is -2.36. The molecule has 0 saturated carbocycles. The minimum Gasteiger partial charge on any atom is -0.444 e. The molecule has 0 bridgehead atoms. The number of carbonyl (C=O) groups excluding carboxylic acids is 5. The molecule has 2 aliphatic heterocycles. The summed E-state index contributed by atoms with van der Waals surface area (Å²) in [4.78, 5) is 63.9. The highest BCUT2D eigenvalue weighted by atomic mass is 19.4. The molecule has 0 radical (unpaired) electrons. The number of amides is 5. The fourth-order valence-corrected chi connectivity index (χ4v) is 4.47. The van der Waals surface area contributed by atoms with Crippen molar-refractivity contribution in [3.8, 4) is 0 Å². The Morgan fingerprint density at radius 1 is 1.11 bits per heavy atom. The number of alkyl carbamates (subject to hydrolysis) is 1. The predicted molar refractivity (Wildman–Crippen MR) is 129 cm³/mol. The van der Waals surface area contributed by atoms with Crippen LogP contribution in [0.2, 0.25) is 0 Å². The topological polar surface area (TPSA) is 160 Å². The van der Waals surface area contributed by atoms with E-state index < -0.39 is 83.9 Å². The SMILES string of the molecule is CC(C)(C)OC(=O)N[C@H](C(=O)N1C[C@H](C(F)(F)F)C[C@H]1C(=O)N[C@@H](C[C@@H]1CCNC1=O)C(N)=O)C(C)(C)C. The van der Waals surface area contributed by atoms with E-state index in [0.29, 0.717) is 13.0 Å². The largest absolute Gasteiger partial charge is 0.444 e. The molecule has 14 heteroatoms. The van der Waals surface area contributed by atoms with E-state index in [1.807, 2.05) is 0 Å². The number of primary amides is 1. The zero-order chi connectivity index (χ0) is 29.2. The van der Waals surface area contributed by atoms with Crippen LogP contribution in [0.25, 0.3) is 0 Å². The Balaban J connectivity index is 2.31. The van der Waals surface area contributed by atoms with Crippen molar-refractivity contribution in [2.45, 2.75) is 90.7 Å². The summed E-state index contributed by atoms with van der Waals surface area (Å²) >= 11 is 0. The van der Waals surface area contributed by atoms with Crippen molar-refractivity contribution in [1.29, 1.82) is 0 Å². The first-order valence-electron chi connectivity index (χ1n) is 12.4. The van der Waals surface area contributed by atoms with E-state index >= 15 is 0 Å². The fraction of sp³-hybridized carbons (Fsp3) is 0.792. The second kappa shape index (κ2) is 11.4. The fourth-order valence-electron chi connectivity index (χ4n) is 4.47. The van der Waals surface area contributed by atoms with Crippen molar-refractivity contribution in [3.05, 3.63) is 0 Å². The van der Waals surface area contributed by atoms with Crippen LogP contribution in [0.15, 0.2) is 0 Å². The lowest BCUT2D eigenvalue weighted by atomic mass is 9.85. The molecule has 38 heavy (non-hydrogen) atoms. The van der Waals surface area contributed by atoms with Gasteiger partial charge in [-0.15, -0.1) is 0 Å². The van der Waals surface area contributed by atoms with Crippen LogP contribution in [-0.4, -0.2) is 77.6 Å². The Labute approximate surface area is 219 Å². The number of ether oxygens (including phenoxy) is 1. The van der Waals surface area contributed by atoms with Crippen LogP contribution in [-0.2, 0) is 23.9 Å². The number of hydrogen-bond donors (Lipinski definition) is 4. The number of carbonyl (C=O) groups is 5. The van der Waals surface area contributed by atoms with Gasteiger partial charge in [0.05, 0.1) is 5.92 Å². The summed E-state index contributed by atoms with van der Waals surface area (Å²) in [6, 6.07) is -4.23. The highest BCUT2D eigenvalue weighted by Crippen LogP contribution is 2.38. The van der Waals surface area contributed by atoms with E-state index in [2.05, 4.69) is 16.0 Å². The number of nitrogens with zero attached hydrogens (tertiary/aromatic N) is 1. The Hall–Kier alpha value is -3.06. The molecule has 0 aromatic heterocycles. The Morgan fingerprint density at radius 2 is 1.71 bits per heavy atom. The standard InChI is InChI=1S/C24H38F3N5O6/c1-22(2,3)16(31-21(37)38-23(4,5)6)20(36)32-11-13(24(25,26)27)10-15(32)19(35)30-14(17(28)33)9-12-7-8-29-18(12)34/h12-16H,7-11H2,1-6H3,(H2,28,33)(H,29,34)(H,30,35)(H,31,37)/t12-,13+,14-,15-,16+/m0/s1. The number of hydrogen-bond acceptors (Lipinski definition) is 6. The van der Waals surface area contributed by atoms with E-state index in [9.17, 15) is 37.1 Å². The van der Waals surface area contributed by atoms with E-state index in [-0.39, 0.29) is 12.3 Å². The first-order chi connectivity index (χ1) is 17.2. The van der Waals surface area contributed by atoms with E-state index in [0.717, 1.165) is 4.90 Å². The smallest absolute Gasteiger partial charge is 0.408 e. The van der Waals surface area contributed by atoms with Gasteiger partial charge in [0, 0.05) is 19.0 Å². The Bertz CT molecular complexity index is 943. The molecule has 0 unspecified atom stereocenters. The Morgan fingerprint density at radius 3 is 2.16 bits per heavy atom. The van der Waals surface area contributed by atoms with Crippen molar-refractivity contribution in [3.63, 3.8) is 0 Å². The average Bonchev–Trinajstić information content (AvgIpc) is 3.35. The number of halogens is 3. The van der Waals surface area contributed by atoms with Crippen LogP contribution in [0.3, 0.4) is 0 Å². The molecule has 5 amide bonds. The molecule has 0 aromatic carbocycles. The van der Waals surface area contributed by atoms with Gasteiger partial charge < -0.3 is 31.3 Å². The summed E-state index contributed by atoms with van der Waals surface area (Å²) in [7, 11) is 0. The number of likely N-dealkylation sites (tertiary alicyclic amines) is 1. The van der Waals surface area contributed by atoms with E-state index in [1.54, 1.807) is 41.5 Å². The summed E-state index contributed by atoms with van der Waals surface area (Å²) in [5.41, 5.74) is 3.54. The van der Waals surface area contributed by atoms with Crippen molar-refractivity contribution in [2.75, 3.05) is 13.1 Å². The van der Waals surface area contributed by atoms with Crippen molar-refractivity contribution < 1.29 is 41.9 Å². The maximum Gasteiger partial charge on any atom is 0.408 e. The van der Waals surface area contributed by atoms with Crippen molar-refractivity contribution in [2.24, 2.45) is 23.0 Å². The van der Waals surface area contributed by atoms with Crippen LogP contribution >= 0.6 is 0 Å². The molecular formula is C24H38F3N5O6. The number of alkyl halides is 3. The number of nitrogens with two attached hydrogens (primary N) is 1. The first-order valence-corrected chi connectivity index (χ1v) is 12.4. The van der Waals surface area contributed by atoms with Gasteiger partial charge >= 0.3 is 12.3 Å². The van der Waals surface area contributed by atoms with Crippen LogP contribution in [0.5, 0.6) is 0 Å². The van der Waals surface area contributed by atoms with Crippen molar-refractivity contribution >= 4 is 29.7 Å². The highest BCUT2D eigenvalue weighted by molar-refractivity contribution is 5.94.